The Labute approximate surface area is 127 Å². The molecule has 4 rings (SSSR count). The minimum absolute atomic E-state index is 0.0189. The van der Waals surface area contributed by atoms with Crippen LogP contribution in [0.4, 0.5) is 0 Å². The Bertz CT molecular complexity index is 1010. The molecule has 0 aliphatic rings. The lowest BCUT2D eigenvalue weighted by atomic mass is 10.1. The van der Waals surface area contributed by atoms with Crippen LogP contribution in [0.5, 0.6) is 0 Å². The summed E-state index contributed by atoms with van der Waals surface area (Å²) >= 11 is 0. The van der Waals surface area contributed by atoms with E-state index >= 15 is 0 Å². The van der Waals surface area contributed by atoms with Gasteiger partial charge in [0.25, 0.3) is 5.56 Å². The number of hydrogen-bond donors (Lipinski definition) is 1. The zero-order valence-electron chi connectivity index (χ0n) is 12.0. The van der Waals surface area contributed by atoms with Gasteiger partial charge in [0.2, 0.25) is 0 Å². The number of para-hydroxylation sites is 2. The molecule has 1 N–H and O–H groups in total. The molecule has 0 radical (unpaired) electrons. The first kappa shape index (κ1) is 12.8. The van der Waals surface area contributed by atoms with E-state index in [-0.39, 0.29) is 5.56 Å². The van der Waals surface area contributed by atoms with Gasteiger partial charge in [-0.3, -0.25) is 9.36 Å². The highest BCUT2D eigenvalue weighted by molar-refractivity contribution is 5.83. The van der Waals surface area contributed by atoms with Gasteiger partial charge in [0.15, 0.2) is 0 Å². The number of nitrogens with zero attached hydrogens (tertiary/aromatic N) is 2. The number of hydrogen-bond acceptors (Lipinski definition) is 2. The number of aromatic amines is 1. The van der Waals surface area contributed by atoms with Crippen LogP contribution in [0, 0.1) is 0 Å². The molecule has 4 aromatic rings. The summed E-state index contributed by atoms with van der Waals surface area (Å²) in [6, 6.07) is 15.7. The molecule has 0 atom stereocenters. The topological polar surface area (TPSA) is 50.7 Å². The summed E-state index contributed by atoms with van der Waals surface area (Å²) in [5, 5.41) is 1.88. The lowest BCUT2D eigenvalue weighted by molar-refractivity contribution is 0.664. The maximum atomic E-state index is 12.5. The molecule has 22 heavy (non-hydrogen) atoms. The second-order valence-corrected chi connectivity index (χ2v) is 5.37. The standard InChI is InChI=1S/C18H15N3O/c22-18-15-6-2-4-8-17(15)20-12-21(18)10-9-13-11-19-16-7-3-1-5-14(13)16/h1-8,11-12,19H,9-10H2. The van der Waals surface area contributed by atoms with E-state index in [2.05, 4.69) is 22.1 Å². The lowest BCUT2D eigenvalue weighted by Crippen LogP contribution is -2.21. The molecule has 2 aromatic carbocycles. The molecule has 2 heterocycles. The molecule has 0 saturated carbocycles. The van der Waals surface area contributed by atoms with Crippen LogP contribution in [0.3, 0.4) is 0 Å². The summed E-state index contributed by atoms with van der Waals surface area (Å²) in [5.41, 5.74) is 3.11. The summed E-state index contributed by atoms with van der Waals surface area (Å²) in [4.78, 5) is 20.1. The molecule has 0 fully saturated rings. The molecule has 0 aliphatic carbocycles. The number of aryl methyl sites for hydroxylation is 2. The zero-order chi connectivity index (χ0) is 14.9. The maximum absolute atomic E-state index is 12.5. The minimum atomic E-state index is 0.0189. The summed E-state index contributed by atoms with van der Waals surface area (Å²) in [6.45, 7) is 0.624. The van der Waals surface area contributed by atoms with Crippen molar-refractivity contribution in [2.24, 2.45) is 0 Å². The SMILES string of the molecule is O=c1c2ccccc2ncn1CCc1c[nH]c2ccccc12. The fourth-order valence-electron chi connectivity index (χ4n) is 2.84. The molecule has 0 spiro atoms. The van der Waals surface area contributed by atoms with Gasteiger partial charge in [-0.2, -0.15) is 0 Å². The molecule has 4 nitrogen and oxygen atoms in total. The first-order chi connectivity index (χ1) is 10.8. The Morgan fingerprint density at radius 1 is 1.00 bits per heavy atom. The van der Waals surface area contributed by atoms with Gasteiger partial charge >= 0.3 is 0 Å². The van der Waals surface area contributed by atoms with Crippen LogP contribution in [-0.4, -0.2) is 14.5 Å². The predicted octanol–water partition coefficient (Wildman–Crippen LogP) is 3.12. The average Bonchev–Trinajstić information content (AvgIpc) is 2.98. The quantitative estimate of drug-likeness (QED) is 0.630. The summed E-state index contributed by atoms with van der Waals surface area (Å²) in [7, 11) is 0. The number of rotatable bonds is 3. The predicted molar refractivity (Wildman–Crippen MR) is 88.0 cm³/mol. The fourth-order valence-corrected chi connectivity index (χ4v) is 2.84. The first-order valence-corrected chi connectivity index (χ1v) is 7.32. The van der Waals surface area contributed by atoms with Crippen molar-refractivity contribution >= 4 is 21.8 Å². The monoisotopic (exact) mass is 289 g/mol. The third-order valence-electron chi connectivity index (χ3n) is 4.03. The van der Waals surface area contributed by atoms with Crippen LogP contribution in [0.2, 0.25) is 0 Å². The Balaban J connectivity index is 1.67. The molecule has 0 bridgehead atoms. The number of nitrogens with one attached hydrogen (secondary N) is 1. The van der Waals surface area contributed by atoms with Crippen LogP contribution >= 0.6 is 0 Å². The molecule has 0 saturated heterocycles. The molecule has 4 heteroatoms. The Morgan fingerprint density at radius 2 is 1.77 bits per heavy atom. The zero-order valence-corrected chi connectivity index (χ0v) is 12.0. The van der Waals surface area contributed by atoms with E-state index in [0.717, 1.165) is 17.5 Å². The molecule has 0 amide bonds. The van der Waals surface area contributed by atoms with E-state index < -0.39 is 0 Å². The van der Waals surface area contributed by atoms with Gasteiger partial charge in [-0.25, -0.2) is 4.98 Å². The smallest absolute Gasteiger partial charge is 0.261 e. The lowest BCUT2D eigenvalue weighted by Gasteiger charge is -2.06. The van der Waals surface area contributed by atoms with Gasteiger partial charge in [0.1, 0.15) is 0 Å². The largest absolute Gasteiger partial charge is 0.361 e. The summed E-state index contributed by atoms with van der Waals surface area (Å²) < 4.78 is 1.68. The van der Waals surface area contributed by atoms with Gasteiger partial charge in [0.05, 0.1) is 17.2 Å². The summed E-state index contributed by atoms with van der Waals surface area (Å²) in [5.74, 6) is 0. The van der Waals surface area contributed by atoms with Crippen LogP contribution in [0.15, 0.2) is 65.8 Å². The number of benzene rings is 2. The van der Waals surface area contributed by atoms with Crippen LogP contribution in [-0.2, 0) is 13.0 Å². The van der Waals surface area contributed by atoms with Crippen LogP contribution in [0.1, 0.15) is 5.56 Å². The first-order valence-electron chi connectivity index (χ1n) is 7.32. The molecule has 108 valence electrons. The highest BCUT2D eigenvalue weighted by Gasteiger charge is 2.06. The number of aromatic nitrogens is 3. The van der Waals surface area contributed by atoms with Crippen molar-refractivity contribution in [2.75, 3.05) is 0 Å². The highest BCUT2D eigenvalue weighted by Crippen LogP contribution is 2.18. The second-order valence-electron chi connectivity index (χ2n) is 5.37. The molecule has 2 aromatic heterocycles. The highest BCUT2D eigenvalue weighted by atomic mass is 16.1. The van der Waals surface area contributed by atoms with Crippen molar-refractivity contribution in [1.82, 2.24) is 14.5 Å². The van der Waals surface area contributed by atoms with Crippen LogP contribution in [0.25, 0.3) is 21.8 Å². The van der Waals surface area contributed by atoms with E-state index in [4.69, 9.17) is 0 Å². The van der Waals surface area contributed by atoms with E-state index in [9.17, 15) is 4.79 Å². The second kappa shape index (κ2) is 5.15. The fraction of sp³-hybridized carbons (Fsp3) is 0.111. The Morgan fingerprint density at radius 3 is 2.68 bits per heavy atom. The van der Waals surface area contributed by atoms with Crippen LogP contribution < -0.4 is 5.56 Å². The van der Waals surface area contributed by atoms with Crippen molar-refractivity contribution in [3.63, 3.8) is 0 Å². The third-order valence-corrected chi connectivity index (χ3v) is 4.03. The molecule has 0 unspecified atom stereocenters. The maximum Gasteiger partial charge on any atom is 0.261 e. The van der Waals surface area contributed by atoms with Crippen molar-refractivity contribution in [3.05, 3.63) is 77.0 Å². The van der Waals surface area contributed by atoms with E-state index in [1.807, 2.05) is 42.6 Å². The van der Waals surface area contributed by atoms with Crippen molar-refractivity contribution < 1.29 is 0 Å². The van der Waals surface area contributed by atoms with Crippen molar-refractivity contribution in [2.45, 2.75) is 13.0 Å². The molecule has 0 aliphatic heterocycles. The van der Waals surface area contributed by atoms with E-state index in [0.29, 0.717) is 11.9 Å². The third kappa shape index (κ3) is 2.09. The van der Waals surface area contributed by atoms with Gasteiger partial charge in [0, 0.05) is 23.6 Å². The Kier molecular flexibility index (Phi) is 3.00. The molecular formula is C18H15N3O. The normalized spacial score (nSPS) is 11.3. The summed E-state index contributed by atoms with van der Waals surface area (Å²) in [6.07, 6.45) is 4.45. The number of fused-ring (bicyclic) bond motifs is 2. The molecular weight excluding hydrogens is 274 g/mol. The van der Waals surface area contributed by atoms with Crippen molar-refractivity contribution in [1.29, 1.82) is 0 Å². The van der Waals surface area contributed by atoms with E-state index in [1.54, 1.807) is 10.9 Å². The van der Waals surface area contributed by atoms with E-state index in [1.165, 1.54) is 10.9 Å². The van der Waals surface area contributed by atoms with Crippen molar-refractivity contribution in [3.8, 4) is 0 Å². The van der Waals surface area contributed by atoms with Gasteiger partial charge < -0.3 is 4.98 Å². The van der Waals surface area contributed by atoms with Gasteiger partial charge in [-0.05, 0) is 30.2 Å². The minimum Gasteiger partial charge on any atom is -0.361 e. The average molecular weight is 289 g/mol. The Hall–Kier alpha value is -2.88. The van der Waals surface area contributed by atoms with Gasteiger partial charge in [-0.1, -0.05) is 30.3 Å². The van der Waals surface area contributed by atoms with Gasteiger partial charge in [-0.15, -0.1) is 0 Å². The number of H-pyrrole nitrogens is 1.